The second-order valence-electron chi connectivity index (χ2n) is 5.17. The van der Waals surface area contributed by atoms with Crippen LogP contribution >= 0.6 is 0 Å². The molecule has 0 unspecified atom stereocenters. The fourth-order valence-electron chi connectivity index (χ4n) is 2.38. The molecule has 0 aliphatic carbocycles. The first kappa shape index (κ1) is 13.4. The lowest BCUT2D eigenvalue weighted by Crippen LogP contribution is -2.26. The smallest absolute Gasteiger partial charge is 0.274 e. The highest BCUT2D eigenvalue weighted by molar-refractivity contribution is 5.92. The minimum absolute atomic E-state index is 0.0676. The first-order valence-electron chi connectivity index (χ1n) is 6.89. The summed E-state index contributed by atoms with van der Waals surface area (Å²) >= 11 is 0. The van der Waals surface area contributed by atoms with Crippen LogP contribution in [0.2, 0.25) is 0 Å². The van der Waals surface area contributed by atoms with E-state index in [0.29, 0.717) is 12.2 Å². The van der Waals surface area contributed by atoms with Crippen LogP contribution in [0.4, 0.5) is 0 Å². The number of benzene rings is 1. The third kappa shape index (κ3) is 2.65. The second-order valence-corrected chi connectivity index (χ2v) is 5.17. The van der Waals surface area contributed by atoms with Crippen LogP contribution in [0.1, 0.15) is 21.7 Å². The van der Waals surface area contributed by atoms with Crippen LogP contribution in [-0.2, 0) is 6.54 Å². The highest BCUT2D eigenvalue weighted by Crippen LogP contribution is 2.11. The molecule has 0 atom stereocenters. The average Bonchev–Trinajstić information content (AvgIpc) is 2.93. The SMILES string of the molecule is Cc1cccc2nc(C(=O)N(C)Cc3ccccc3)cn12. The van der Waals surface area contributed by atoms with Crippen LogP contribution < -0.4 is 0 Å². The summed E-state index contributed by atoms with van der Waals surface area (Å²) in [6.07, 6.45) is 1.80. The summed E-state index contributed by atoms with van der Waals surface area (Å²) in [6, 6.07) is 15.8. The summed E-state index contributed by atoms with van der Waals surface area (Å²) in [5.74, 6) is -0.0676. The maximum Gasteiger partial charge on any atom is 0.274 e. The van der Waals surface area contributed by atoms with Crippen molar-refractivity contribution in [1.82, 2.24) is 14.3 Å². The Morgan fingerprint density at radius 3 is 2.62 bits per heavy atom. The van der Waals surface area contributed by atoms with E-state index >= 15 is 0 Å². The number of rotatable bonds is 3. The zero-order valence-electron chi connectivity index (χ0n) is 12.2. The van der Waals surface area contributed by atoms with Crippen molar-refractivity contribution >= 4 is 11.6 Å². The molecular formula is C17H17N3O. The van der Waals surface area contributed by atoms with E-state index in [1.807, 2.05) is 59.9 Å². The van der Waals surface area contributed by atoms with Crippen molar-refractivity contribution in [2.75, 3.05) is 7.05 Å². The van der Waals surface area contributed by atoms with Gasteiger partial charge in [-0.05, 0) is 24.6 Å². The maximum absolute atomic E-state index is 12.5. The predicted octanol–water partition coefficient (Wildman–Crippen LogP) is 2.91. The highest BCUT2D eigenvalue weighted by Gasteiger charge is 2.16. The summed E-state index contributed by atoms with van der Waals surface area (Å²) < 4.78 is 1.93. The van der Waals surface area contributed by atoms with Crippen LogP contribution in [0, 0.1) is 6.92 Å². The molecule has 3 rings (SSSR count). The molecule has 0 radical (unpaired) electrons. The molecule has 0 saturated carbocycles. The van der Waals surface area contributed by atoms with Gasteiger partial charge in [0.2, 0.25) is 0 Å². The third-order valence-corrected chi connectivity index (χ3v) is 3.52. The van der Waals surface area contributed by atoms with E-state index in [9.17, 15) is 4.79 Å². The molecule has 1 aromatic carbocycles. The monoisotopic (exact) mass is 279 g/mol. The van der Waals surface area contributed by atoms with Gasteiger partial charge in [-0.2, -0.15) is 0 Å². The Bertz CT molecular complexity index is 777. The maximum atomic E-state index is 12.5. The molecule has 2 heterocycles. The van der Waals surface area contributed by atoms with Gasteiger partial charge in [0, 0.05) is 25.5 Å². The number of carbonyl (C=O) groups is 1. The van der Waals surface area contributed by atoms with E-state index in [4.69, 9.17) is 0 Å². The second kappa shape index (κ2) is 5.40. The number of fused-ring (bicyclic) bond motifs is 1. The molecule has 0 N–H and O–H groups in total. The Balaban J connectivity index is 1.84. The lowest BCUT2D eigenvalue weighted by atomic mass is 10.2. The fraction of sp³-hybridized carbons (Fsp3) is 0.176. The summed E-state index contributed by atoms with van der Waals surface area (Å²) in [6.45, 7) is 2.57. The first-order chi connectivity index (χ1) is 10.1. The molecule has 1 amide bonds. The molecule has 0 spiro atoms. The van der Waals surface area contributed by atoms with E-state index in [1.165, 1.54) is 0 Å². The normalized spacial score (nSPS) is 10.8. The number of aryl methyl sites for hydroxylation is 1. The zero-order chi connectivity index (χ0) is 14.8. The van der Waals surface area contributed by atoms with E-state index in [-0.39, 0.29) is 5.91 Å². The number of amides is 1. The Hall–Kier alpha value is -2.62. The molecule has 4 heteroatoms. The van der Waals surface area contributed by atoms with Gasteiger partial charge < -0.3 is 9.30 Å². The third-order valence-electron chi connectivity index (χ3n) is 3.52. The van der Waals surface area contributed by atoms with Gasteiger partial charge in [0.15, 0.2) is 0 Å². The Morgan fingerprint density at radius 1 is 1.14 bits per heavy atom. The van der Waals surface area contributed by atoms with Gasteiger partial charge >= 0.3 is 0 Å². The lowest BCUT2D eigenvalue weighted by Gasteiger charge is -2.15. The number of hydrogen-bond acceptors (Lipinski definition) is 2. The first-order valence-corrected chi connectivity index (χ1v) is 6.89. The predicted molar refractivity (Wildman–Crippen MR) is 82.2 cm³/mol. The number of carbonyl (C=O) groups excluding carboxylic acids is 1. The van der Waals surface area contributed by atoms with Crippen molar-refractivity contribution < 1.29 is 4.79 Å². The minimum atomic E-state index is -0.0676. The largest absolute Gasteiger partial charge is 0.336 e. The van der Waals surface area contributed by atoms with Gasteiger partial charge in [-0.3, -0.25) is 4.79 Å². The number of aromatic nitrogens is 2. The van der Waals surface area contributed by atoms with Gasteiger partial charge in [-0.25, -0.2) is 4.98 Å². The molecule has 0 bridgehead atoms. The lowest BCUT2D eigenvalue weighted by molar-refractivity contribution is 0.0780. The minimum Gasteiger partial charge on any atom is -0.336 e. The van der Waals surface area contributed by atoms with Gasteiger partial charge in [-0.15, -0.1) is 0 Å². The van der Waals surface area contributed by atoms with Crippen molar-refractivity contribution in [3.63, 3.8) is 0 Å². The molecular weight excluding hydrogens is 262 g/mol. The Labute approximate surface area is 123 Å². The Morgan fingerprint density at radius 2 is 1.90 bits per heavy atom. The van der Waals surface area contributed by atoms with Crippen LogP contribution in [-0.4, -0.2) is 27.2 Å². The molecule has 2 aromatic heterocycles. The average molecular weight is 279 g/mol. The van der Waals surface area contributed by atoms with E-state index < -0.39 is 0 Å². The number of imidazole rings is 1. The van der Waals surface area contributed by atoms with Crippen LogP contribution in [0.5, 0.6) is 0 Å². The molecule has 0 fully saturated rings. The standard InChI is InChI=1S/C17H17N3O/c1-13-7-6-10-16-18-15(12-20(13)16)17(21)19(2)11-14-8-4-3-5-9-14/h3-10,12H,11H2,1-2H3. The van der Waals surface area contributed by atoms with Crippen LogP contribution in [0.15, 0.2) is 54.7 Å². The number of hydrogen-bond donors (Lipinski definition) is 0. The van der Waals surface area contributed by atoms with Crippen LogP contribution in [0.3, 0.4) is 0 Å². The summed E-state index contributed by atoms with van der Waals surface area (Å²) in [5, 5.41) is 0. The van der Waals surface area contributed by atoms with Gasteiger partial charge in [0.1, 0.15) is 11.3 Å². The summed E-state index contributed by atoms with van der Waals surface area (Å²) in [7, 11) is 1.80. The molecule has 0 aliphatic heterocycles. The fourth-order valence-corrected chi connectivity index (χ4v) is 2.38. The van der Waals surface area contributed by atoms with Crippen molar-refractivity contribution in [1.29, 1.82) is 0 Å². The number of pyridine rings is 1. The van der Waals surface area contributed by atoms with Crippen molar-refractivity contribution in [2.24, 2.45) is 0 Å². The van der Waals surface area contributed by atoms with Crippen molar-refractivity contribution in [3.05, 3.63) is 71.7 Å². The topological polar surface area (TPSA) is 37.6 Å². The number of nitrogens with zero attached hydrogens (tertiary/aromatic N) is 3. The molecule has 3 aromatic rings. The summed E-state index contributed by atoms with van der Waals surface area (Å²) in [5.41, 5.74) is 3.44. The highest BCUT2D eigenvalue weighted by atomic mass is 16.2. The quantitative estimate of drug-likeness (QED) is 0.739. The molecule has 21 heavy (non-hydrogen) atoms. The van der Waals surface area contributed by atoms with Crippen LogP contribution in [0.25, 0.3) is 5.65 Å². The van der Waals surface area contributed by atoms with E-state index in [2.05, 4.69) is 4.98 Å². The Kier molecular flexibility index (Phi) is 3.44. The molecule has 0 saturated heterocycles. The van der Waals surface area contributed by atoms with E-state index in [1.54, 1.807) is 18.1 Å². The zero-order valence-corrected chi connectivity index (χ0v) is 12.2. The van der Waals surface area contributed by atoms with Gasteiger partial charge in [0.25, 0.3) is 5.91 Å². The van der Waals surface area contributed by atoms with Crippen molar-refractivity contribution in [3.8, 4) is 0 Å². The summed E-state index contributed by atoms with van der Waals surface area (Å²) in [4.78, 5) is 18.6. The molecule has 106 valence electrons. The van der Waals surface area contributed by atoms with Gasteiger partial charge in [-0.1, -0.05) is 36.4 Å². The van der Waals surface area contributed by atoms with Gasteiger partial charge in [0.05, 0.1) is 0 Å². The van der Waals surface area contributed by atoms with E-state index in [0.717, 1.165) is 16.9 Å². The van der Waals surface area contributed by atoms with Crippen molar-refractivity contribution in [2.45, 2.75) is 13.5 Å². The molecule has 4 nitrogen and oxygen atoms in total. The molecule has 0 aliphatic rings.